The third-order valence-corrected chi connectivity index (χ3v) is 3.02. The summed E-state index contributed by atoms with van der Waals surface area (Å²) >= 11 is 9.10. The number of hydrogen-bond acceptors (Lipinski definition) is 4. The van der Waals surface area contributed by atoms with Gasteiger partial charge in [-0.25, -0.2) is 4.98 Å². The summed E-state index contributed by atoms with van der Waals surface area (Å²) in [5, 5.41) is 3.62. The molecule has 0 unspecified atom stereocenters. The van der Waals surface area contributed by atoms with E-state index in [0.717, 1.165) is 15.9 Å². The fraction of sp³-hybridized carbons (Fsp3) is 0.100. The van der Waals surface area contributed by atoms with Crippen molar-refractivity contribution in [3.8, 4) is 0 Å². The van der Waals surface area contributed by atoms with Crippen molar-refractivity contribution >= 4 is 33.2 Å². The van der Waals surface area contributed by atoms with Crippen LogP contribution in [0.2, 0.25) is 5.15 Å². The molecule has 6 heteroatoms. The number of pyridine rings is 1. The normalized spacial score (nSPS) is 10.1. The van der Waals surface area contributed by atoms with Crippen molar-refractivity contribution in [3.63, 3.8) is 0 Å². The zero-order valence-corrected chi connectivity index (χ0v) is 10.5. The Bertz CT molecular complexity index is 478. The van der Waals surface area contributed by atoms with Gasteiger partial charge < -0.3 is 5.32 Å². The molecule has 2 aromatic heterocycles. The van der Waals surface area contributed by atoms with Crippen LogP contribution in [0.3, 0.4) is 0 Å². The lowest BCUT2D eigenvalue weighted by Crippen LogP contribution is -2.02. The number of halogens is 2. The van der Waals surface area contributed by atoms with Gasteiger partial charge in [0.25, 0.3) is 0 Å². The first-order valence-corrected chi connectivity index (χ1v) is 5.72. The van der Waals surface area contributed by atoms with Crippen molar-refractivity contribution in [2.75, 3.05) is 5.32 Å². The van der Waals surface area contributed by atoms with Crippen LogP contribution in [-0.2, 0) is 6.54 Å². The van der Waals surface area contributed by atoms with Crippen molar-refractivity contribution in [1.82, 2.24) is 15.0 Å². The number of anilines is 1. The molecular weight excluding hydrogens is 291 g/mol. The minimum atomic E-state index is 0.449. The van der Waals surface area contributed by atoms with Gasteiger partial charge in [0.2, 0.25) is 0 Å². The lowest BCUT2D eigenvalue weighted by molar-refractivity contribution is 1.01. The molecule has 0 saturated heterocycles. The Labute approximate surface area is 106 Å². The van der Waals surface area contributed by atoms with Gasteiger partial charge in [-0.2, -0.15) is 0 Å². The molecule has 2 rings (SSSR count). The monoisotopic (exact) mass is 298 g/mol. The molecule has 1 N–H and O–H groups in total. The highest BCUT2D eigenvalue weighted by Crippen LogP contribution is 2.22. The molecule has 16 heavy (non-hydrogen) atoms. The molecule has 82 valence electrons. The molecule has 2 heterocycles. The van der Waals surface area contributed by atoms with Gasteiger partial charge >= 0.3 is 0 Å². The standard InChI is InChI=1S/C10H8BrClN4/c11-9-3-7(5-16-10(9)12)15-6-8-4-13-1-2-14-8/h1-5,15H,6H2. The van der Waals surface area contributed by atoms with E-state index >= 15 is 0 Å². The highest BCUT2D eigenvalue weighted by Gasteiger charge is 2.00. The third kappa shape index (κ3) is 2.90. The molecule has 0 radical (unpaired) electrons. The third-order valence-electron chi connectivity index (χ3n) is 1.89. The van der Waals surface area contributed by atoms with Crippen LogP contribution in [0.4, 0.5) is 5.69 Å². The predicted octanol–water partition coefficient (Wildman–Crippen LogP) is 2.90. The fourth-order valence-corrected chi connectivity index (χ4v) is 1.58. The van der Waals surface area contributed by atoms with Crippen LogP contribution in [0.1, 0.15) is 5.69 Å². The Morgan fingerprint density at radius 3 is 2.81 bits per heavy atom. The van der Waals surface area contributed by atoms with Gasteiger partial charge in [0.05, 0.1) is 34.8 Å². The molecule has 0 saturated carbocycles. The van der Waals surface area contributed by atoms with E-state index in [1.165, 1.54) is 0 Å². The molecule has 4 nitrogen and oxygen atoms in total. The summed E-state index contributed by atoms with van der Waals surface area (Å²) in [6, 6.07) is 1.87. The SMILES string of the molecule is Clc1ncc(NCc2cnccn2)cc1Br. The maximum absolute atomic E-state index is 5.79. The van der Waals surface area contributed by atoms with Crippen molar-refractivity contribution in [1.29, 1.82) is 0 Å². The molecule has 0 amide bonds. The van der Waals surface area contributed by atoms with Gasteiger partial charge in [0.15, 0.2) is 0 Å². The van der Waals surface area contributed by atoms with Crippen LogP contribution in [0.25, 0.3) is 0 Å². The Balaban J connectivity index is 2.03. The molecular formula is C10H8BrClN4. The van der Waals surface area contributed by atoms with Gasteiger partial charge in [-0.05, 0) is 22.0 Å². The van der Waals surface area contributed by atoms with Crippen molar-refractivity contribution < 1.29 is 0 Å². The molecule has 0 aliphatic rings. The maximum atomic E-state index is 5.79. The summed E-state index contributed by atoms with van der Waals surface area (Å²) in [6.45, 7) is 0.601. The second kappa shape index (κ2) is 5.23. The number of hydrogen-bond donors (Lipinski definition) is 1. The molecule has 2 aromatic rings. The second-order valence-corrected chi connectivity index (χ2v) is 4.26. The molecule has 0 spiro atoms. The fourth-order valence-electron chi connectivity index (χ4n) is 1.13. The smallest absolute Gasteiger partial charge is 0.143 e. The minimum Gasteiger partial charge on any atom is -0.378 e. The zero-order chi connectivity index (χ0) is 11.4. The van der Waals surface area contributed by atoms with E-state index in [1.807, 2.05) is 6.07 Å². The number of aromatic nitrogens is 3. The average Bonchev–Trinajstić information content (AvgIpc) is 2.32. The van der Waals surface area contributed by atoms with E-state index in [9.17, 15) is 0 Å². The lowest BCUT2D eigenvalue weighted by Gasteiger charge is -2.05. The van der Waals surface area contributed by atoms with Crippen LogP contribution >= 0.6 is 27.5 Å². The number of nitrogens with one attached hydrogen (secondary N) is 1. The Morgan fingerprint density at radius 2 is 2.12 bits per heavy atom. The van der Waals surface area contributed by atoms with E-state index in [0.29, 0.717) is 11.7 Å². The Kier molecular flexibility index (Phi) is 3.69. The van der Waals surface area contributed by atoms with E-state index < -0.39 is 0 Å². The minimum absolute atomic E-state index is 0.449. The van der Waals surface area contributed by atoms with Crippen molar-refractivity contribution in [3.05, 3.63) is 46.2 Å². The number of rotatable bonds is 3. The van der Waals surface area contributed by atoms with Gasteiger partial charge in [-0.3, -0.25) is 9.97 Å². The van der Waals surface area contributed by atoms with E-state index in [1.54, 1.807) is 24.8 Å². The van der Waals surface area contributed by atoms with Crippen LogP contribution < -0.4 is 5.32 Å². The van der Waals surface area contributed by atoms with E-state index in [-0.39, 0.29) is 0 Å². The largest absolute Gasteiger partial charge is 0.378 e. The van der Waals surface area contributed by atoms with Crippen LogP contribution in [-0.4, -0.2) is 15.0 Å². The quantitative estimate of drug-likeness (QED) is 0.885. The van der Waals surface area contributed by atoms with Crippen LogP contribution in [0.15, 0.2) is 35.3 Å². The highest BCUT2D eigenvalue weighted by atomic mass is 79.9. The summed E-state index contributed by atoms with van der Waals surface area (Å²) in [5.74, 6) is 0. The first-order valence-electron chi connectivity index (χ1n) is 4.55. The topological polar surface area (TPSA) is 50.7 Å². The Morgan fingerprint density at radius 1 is 1.25 bits per heavy atom. The molecule has 0 bridgehead atoms. The van der Waals surface area contributed by atoms with Gasteiger partial charge in [0, 0.05) is 12.4 Å². The summed E-state index contributed by atoms with van der Waals surface area (Å²) < 4.78 is 0.762. The first kappa shape index (κ1) is 11.3. The summed E-state index contributed by atoms with van der Waals surface area (Å²) in [7, 11) is 0. The highest BCUT2D eigenvalue weighted by molar-refractivity contribution is 9.10. The summed E-state index contributed by atoms with van der Waals surface area (Å²) in [4.78, 5) is 12.1. The van der Waals surface area contributed by atoms with E-state index in [2.05, 4.69) is 36.2 Å². The second-order valence-electron chi connectivity index (χ2n) is 3.05. The van der Waals surface area contributed by atoms with Gasteiger partial charge in [0.1, 0.15) is 5.15 Å². The average molecular weight is 300 g/mol. The first-order chi connectivity index (χ1) is 7.75. The van der Waals surface area contributed by atoms with Gasteiger partial charge in [-0.1, -0.05) is 11.6 Å². The molecule has 0 aliphatic carbocycles. The molecule has 0 fully saturated rings. The van der Waals surface area contributed by atoms with Crippen LogP contribution in [0.5, 0.6) is 0 Å². The molecule has 0 atom stereocenters. The molecule has 0 aliphatic heterocycles. The van der Waals surface area contributed by atoms with Crippen LogP contribution in [0, 0.1) is 0 Å². The van der Waals surface area contributed by atoms with Crippen molar-refractivity contribution in [2.45, 2.75) is 6.54 Å². The van der Waals surface area contributed by atoms with Crippen molar-refractivity contribution in [2.24, 2.45) is 0 Å². The zero-order valence-electron chi connectivity index (χ0n) is 8.19. The summed E-state index contributed by atoms with van der Waals surface area (Å²) in [5.41, 5.74) is 1.75. The maximum Gasteiger partial charge on any atom is 0.143 e. The number of nitrogens with zero attached hydrogens (tertiary/aromatic N) is 3. The predicted molar refractivity (Wildman–Crippen MR) is 66.3 cm³/mol. The van der Waals surface area contributed by atoms with E-state index in [4.69, 9.17) is 11.6 Å². The lowest BCUT2D eigenvalue weighted by atomic mass is 10.4. The Hall–Kier alpha value is -1.20. The summed E-state index contributed by atoms with van der Waals surface area (Å²) in [6.07, 6.45) is 6.69. The van der Waals surface area contributed by atoms with Gasteiger partial charge in [-0.15, -0.1) is 0 Å². The molecule has 0 aromatic carbocycles.